The van der Waals surface area contributed by atoms with Gasteiger partial charge in [-0.05, 0) is 88.7 Å². The molecule has 0 saturated heterocycles. The van der Waals surface area contributed by atoms with Gasteiger partial charge in [-0.3, -0.25) is 4.79 Å². The average molecular weight is 427 g/mol. The molecule has 32 heavy (non-hydrogen) atoms. The number of benzene rings is 2. The molecule has 1 aromatic heterocycles. The summed E-state index contributed by atoms with van der Waals surface area (Å²) in [5.74, 6) is -0.0953. The summed E-state index contributed by atoms with van der Waals surface area (Å²) in [5.41, 5.74) is 7.75. The molecule has 0 N–H and O–H groups in total. The maximum atomic E-state index is 13.1. The molecule has 0 atom stereocenters. The van der Waals surface area contributed by atoms with Crippen molar-refractivity contribution in [1.82, 2.24) is 4.57 Å². The fourth-order valence-corrected chi connectivity index (χ4v) is 4.32. The molecule has 0 spiro atoms. The standard InChI is InChI=1S/C27H30N4O/c1-6-29(7-2)23-13-15-24(16-14-23)30-19(3)17-22(21(30)5)18-26-20(4)28-31(27(26)32)25-11-9-8-10-12-25/h8-18H,6-7H2,1-5H3/b26-18+. The molecule has 2 heterocycles. The van der Waals surface area contributed by atoms with E-state index in [1.165, 1.54) is 10.7 Å². The van der Waals surface area contributed by atoms with Crippen LogP contribution < -0.4 is 9.91 Å². The van der Waals surface area contributed by atoms with Crippen molar-refractivity contribution in [3.63, 3.8) is 0 Å². The first kappa shape index (κ1) is 21.6. The van der Waals surface area contributed by atoms with Gasteiger partial charge in [0, 0.05) is 35.9 Å². The highest BCUT2D eigenvalue weighted by atomic mass is 16.2. The minimum Gasteiger partial charge on any atom is -0.372 e. The highest BCUT2D eigenvalue weighted by molar-refractivity contribution is 6.32. The number of hydrazone groups is 1. The fraction of sp³-hybridized carbons (Fsp3) is 0.259. The van der Waals surface area contributed by atoms with Gasteiger partial charge in [-0.15, -0.1) is 0 Å². The quantitative estimate of drug-likeness (QED) is 0.471. The third kappa shape index (κ3) is 3.86. The molecule has 1 aliphatic rings. The molecule has 0 bridgehead atoms. The van der Waals surface area contributed by atoms with Gasteiger partial charge in [0.05, 0.1) is 17.0 Å². The SMILES string of the molecule is CCN(CC)c1ccc(-n2c(C)cc(/C=C3/C(=O)N(c4ccccc4)N=C3C)c2C)cc1. The fourth-order valence-electron chi connectivity index (χ4n) is 4.32. The summed E-state index contributed by atoms with van der Waals surface area (Å²) in [7, 11) is 0. The number of rotatable bonds is 6. The number of carbonyl (C=O) groups excluding carboxylic acids is 1. The molecule has 164 valence electrons. The van der Waals surface area contributed by atoms with Gasteiger partial charge in [0.25, 0.3) is 5.91 Å². The Hall–Kier alpha value is -3.60. The second-order valence-corrected chi connectivity index (χ2v) is 8.05. The van der Waals surface area contributed by atoms with Gasteiger partial charge in [-0.2, -0.15) is 10.1 Å². The van der Waals surface area contributed by atoms with E-state index in [0.29, 0.717) is 5.57 Å². The van der Waals surface area contributed by atoms with Crippen molar-refractivity contribution in [1.29, 1.82) is 0 Å². The van der Waals surface area contributed by atoms with Crippen LogP contribution in [0.15, 0.2) is 71.3 Å². The van der Waals surface area contributed by atoms with Gasteiger partial charge in [0.2, 0.25) is 0 Å². The number of para-hydroxylation sites is 1. The van der Waals surface area contributed by atoms with Crippen LogP contribution in [0.2, 0.25) is 0 Å². The lowest BCUT2D eigenvalue weighted by molar-refractivity contribution is -0.114. The first-order valence-electron chi connectivity index (χ1n) is 11.2. The van der Waals surface area contributed by atoms with Crippen molar-refractivity contribution < 1.29 is 4.79 Å². The minimum absolute atomic E-state index is 0.0953. The topological polar surface area (TPSA) is 40.8 Å². The molecule has 0 fully saturated rings. The molecule has 0 saturated carbocycles. The van der Waals surface area contributed by atoms with E-state index in [1.807, 2.05) is 43.3 Å². The van der Waals surface area contributed by atoms with Gasteiger partial charge in [-0.1, -0.05) is 18.2 Å². The number of nitrogens with zero attached hydrogens (tertiary/aromatic N) is 4. The minimum atomic E-state index is -0.0953. The predicted octanol–water partition coefficient (Wildman–Crippen LogP) is 5.75. The van der Waals surface area contributed by atoms with E-state index >= 15 is 0 Å². The van der Waals surface area contributed by atoms with Gasteiger partial charge in [0.1, 0.15) is 0 Å². The molecular formula is C27H30N4O. The molecule has 4 rings (SSSR count). The smallest absolute Gasteiger partial charge is 0.280 e. The Labute approximate surface area is 190 Å². The summed E-state index contributed by atoms with van der Waals surface area (Å²) < 4.78 is 2.24. The molecule has 1 aliphatic heterocycles. The van der Waals surface area contributed by atoms with E-state index in [-0.39, 0.29) is 5.91 Å². The molecular weight excluding hydrogens is 396 g/mol. The van der Waals surface area contributed by atoms with Crippen molar-refractivity contribution in [3.8, 4) is 5.69 Å². The molecule has 0 radical (unpaired) electrons. The van der Waals surface area contributed by atoms with E-state index in [1.54, 1.807) is 0 Å². The van der Waals surface area contributed by atoms with Crippen LogP contribution in [0.4, 0.5) is 11.4 Å². The molecule has 0 aliphatic carbocycles. The van der Waals surface area contributed by atoms with Gasteiger partial charge >= 0.3 is 0 Å². The van der Waals surface area contributed by atoms with Crippen LogP contribution in [0.1, 0.15) is 37.7 Å². The van der Waals surface area contributed by atoms with E-state index < -0.39 is 0 Å². The molecule has 1 amide bonds. The maximum Gasteiger partial charge on any atom is 0.280 e. The number of carbonyl (C=O) groups is 1. The first-order valence-corrected chi connectivity index (χ1v) is 11.2. The van der Waals surface area contributed by atoms with Gasteiger partial charge < -0.3 is 9.47 Å². The van der Waals surface area contributed by atoms with Crippen molar-refractivity contribution in [2.75, 3.05) is 23.0 Å². The highest BCUT2D eigenvalue weighted by Crippen LogP contribution is 2.28. The maximum absolute atomic E-state index is 13.1. The van der Waals surface area contributed by atoms with Crippen molar-refractivity contribution in [3.05, 3.63) is 83.2 Å². The summed E-state index contributed by atoms with van der Waals surface area (Å²) in [6, 6.07) is 20.3. The van der Waals surface area contributed by atoms with Crippen LogP contribution in [0.25, 0.3) is 11.8 Å². The van der Waals surface area contributed by atoms with Crippen LogP contribution in [0.5, 0.6) is 0 Å². The summed E-state index contributed by atoms with van der Waals surface area (Å²) in [6.07, 6.45) is 1.97. The summed E-state index contributed by atoms with van der Waals surface area (Å²) >= 11 is 0. The lowest BCUT2D eigenvalue weighted by Crippen LogP contribution is -2.21. The van der Waals surface area contributed by atoms with Crippen molar-refractivity contribution >= 4 is 29.1 Å². The third-order valence-electron chi connectivity index (χ3n) is 6.07. The van der Waals surface area contributed by atoms with Crippen LogP contribution in [0, 0.1) is 13.8 Å². The van der Waals surface area contributed by atoms with E-state index in [9.17, 15) is 4.79 Å². The zero-order valence-corrected chi connectivity index (χ0v) is 19.5. The Bertz CT molecular complexity index is 1180. The zero-order chi connectivity index (χ0) is 22.8. The van der Waals surface area contributed by atoms with Crippen LogP contribution in [-0.2, 0) is 4.79 Å². The van der Waals surface area contributed by atoms with Gasteiger partial charge in [0.15, 0.2) is 0 Å². The molecule has 5 nitrogen and oxygen atoms in total. The third-order valence-corrected chi connectivity index (χ3v) is 6.07. The van der Waals surface area contributed by atoms with Crippen LogP contribution >= 0.6 is 0 Å². The number of amides is 1. The number of hydrogen-bond donors (Lipinski definition) is 0. The Kier molecular flexibility index (Phi) is 5.99. The number of aromatic nitrogens is 1. The lowest BCUT2D eigenvalue weighted by Gasteiger charge is -2.21. The Balaban J connectivity index is 1.66. The van der Waals surface area contributed by atoms with E-state index in [4.69, 9.17) is 0 Å². The molecule has 2 aromatic carbocycles. The monoisotopic (exact) mass is 426 g/mol. The number of hydrogen-bond acceptors (Lipinski definition) is 3. The first-order chi connectivity index (χ1) is 15.4. The second-order valence-electron chi connectivity index (χ2n) is 8.05. The summed E-state index contributed by atoms with van der Waals surface area (Å²) in [6.45, 7) is 12.4. The van der Waals surface area contributed by atoms with Crippen molar-refractivity contribution in [2.24, 2.45) is 5.10 Å². The Morgan fingerprint density at radius 1 is 0.906 bits per heavy atom. The van der Waals surface area contributed by atoms with Crippen LogP contribution in [0.3, 0.4) is 0 Å². The number of anilines is 2. The number of aryl methyl sites for hydroxylation is 1. The Morgan fingerprint density at radius 2 is 1.56 bits per heavy atom. The molecule has 0 unspecified atom stereocenters. The van der Waals surface area contributed by atoms with Crippen molar-refractivity contribution in [2.45, 2.75) is 34.6 Å². The highest BCUT2D eigenvalue weighted by Gasteiger charge is 2.29. The zero-order valence-electron chi connectivity index (χ0n) is 19.5. The summed E-state index contributed by atoms with van der Waals surface area (Å²) in [4.78, 5) is 15.4. The average Bonchev–Trinajstić information content (AvgIpc) is 3.25. The normalized spacial score (nSPS) is 14.9. The Morgan fingerprint density at radius 3 is 2.19 bits per heavy atom. The van der Waals surface area contributed by atoms with Gasteiger partial charge in [-0.25, -0.2) is 0 Å². The molecule has 5 heteroatoms. The van der Waals surface area contributed by atoms with E-state index in [2.05, 4.69) is 72.6 Å². The predicted molar refractivity (Wildman–Crippen MR) is 134 cm³/mol. The molecule has 3 aromatic rings. The second kappa shape index (κ2) is 8.87. The van der Waals surface area contributed by atoms with Crippen LogP contribution in [-0.4, -0.2) is 29.3 Å². The summed E-state index contributed by atoms with van der Waals surface area (Å²) in [5, 5.41) is 5.98. The lowest BCUT2D eigenvalue weighted by atomic mass is 10.1. The largest absolute Gasteiger partial charge is 0.372 e. The van der Waals surface area contributed by atoms with E-state index in [0.717, 1.165) is 47.1 Å².